The molecule has 1 saturated heterocycles. The van der Waals surface area contributed by atoms with Gasteiger partial charge in [-0.1, -0.05) is 30.3 Å². The first-order chi connectivity index (χ1) is 11.6. The third kappa shape index (κ3) is 3.57. The van der Waals surface area contributed by atoms with Gasteiger partial charge in [-0.25, -0.2) is 0 Å². The minimum atomic E-state index is -0.234. The highest BCUT2D eigenvalue weighted by Crippen LogP contribution is 2.34. The minimum Gasteiger partial charge on any atom is -0.357 e. The molecule has 0 saturated carbocycles. The fourth-order valence-corrected chi connectivity index (χ4v) is 3.33. The van der Waals surface area contributed by atoms with Crippen LogP contribution in [0, 0.1) is 0 Å². The fraction of sp³-hybridized carbons (Fsp3) is 0.368. The molecule has 0 spiro atoms. The van der Waals surface area contributed by atoms with E-state index in [0.29, 0.717) is 12.2 Å². The Labute approximate surface area is 141 Å². The van der Waals surface area contributed by atoms with Crippen molar-refractivity contribution in [3.63, 3.8) is 0 Å². The number of carbonyl (C=O) groups excluding carboxylic acids is 1. The number of rotatable bonds is 4. The lowest BCUT2D eigenvalue weighted by molar-refractivity contribution is 0.0922. The van der Waals surface area contributed by atoms with Crippen LogP contribution < -0.4 is 10.7 Å². The fourth-order valence-electron chi connectivity index (χ4n) is 3.33. The van der Waals surface area contributed by atoms with Gasteiger partial charge in [-0.3, -0.25) is 9.59 Å². The zero-order valence-corrected chi connectivity index (χ0v) is 13.9. The van der Waals surface area contributed by atoms with Gasteiger partial charge in [0.15, 0.2) is 5.43 Å². The first-order valence-corrected chi connectivity index (χ1v) is 8.30. The standard InChI is InChI=1S/C19H23N3O2/c1-22-11-8-19(9-12-22,15-5-3-2-4-6-15)14-21-18(24)17-13-16(23)7-10-20-17/h2-7,10,13H,8-9,11-12,14H2,1H3,(H,20,23)(H,21,24). The van der Waals surface area contributed by atoms with Gasteiger partial charge in [-0.2, -0.15) is 0 Å². The monoisotopic (exact) mass is 325 g/mol. The van der Waals surface area contributed by atoms with Gasteiger partial charge in [-0.15, -0.1) is 0 Å². The van der Waals surface area contributed by atoms with Crippen molar-refractivity contribution >= 4 is 5.91 Å². The maximum absolute atomic E-state index is 12.4. The molecule has 1 amide bonds. The molecule has 1 aliphatic rings. The van der Waals surface area contributed by atoms with E-state index >= 15 is 0 Å². The molecule has 0 atom stereocenters. The molecule has 5 heteroatoms. The largest absolute Gasteiger partial charge is 0.357 e. The number of amides is 1. The Morgan fingerprint density at radius 2 is 1.92 bits per heavy atom. The molecule has 0 aliphatic carbocycles. The van der Waals surface area contributed by atoms with Gasteiger partial charge in [0, 0.05) is 30.3 Å². The van der Waals surface area contributed by atoms with Crippen LogP contribution >= 0.6 is 0 Å². The van der Waals surface area contributed by atoms with E-state index in [2.05, 4.69) is 34.4 Å². The Hall–Kier alpha value is -2.40. The Balaban J connectivity index is 1.78. The van der Waals surface area contributed by atoms with E-state index in [4.69, 9.17) is 0 Å². The predicted octanol–water partition coefficient (Wildman–Crippen LogP) is 1.77. The van der Waals surface area contributed by atoms with Crippen molar-refractivity contribution in [1.82, 2.24) is 15.2 Å². The molecule has 5 nitrogen and oxygen atoms in total. The van der Waals surface area contributed by atoms with Gasteiger partial charge in [-0.05, 0) is 38.5 Å². The third-order valence-corrected chi connectivity index (χ3v) is 4.94. The number of aromatic nitrogens is 1. The molecule has 1 fully saturated rings. The number of carbonyl (C=O) groups is 1. The van der Waals surface area contributed by atoms with E-state index in [9.17, 15) is 9.59 Å². The molecule has 2 heterocycles. The second-order valence-corrected chi connectivity index (χ2v) is 6.57. The van der Waals surface area contributed by atoms with E-state index in [0.717, 1.165) is 25.9 Å². The Kier molecular flexibility index (Phi) is 4.81. The van der Waals surface area contributed by atoms with Crippen molar-refractivity contribution in [3.05, 3.63) is 70.1 Å². The highest BCUT2D eigenvalue weighted by Gasteiger charge is 2.35. The smallest absolute Gasteiger partial charge is 0.267 e. The summed E-state index contributed by atoms with van der Waals surface area (Å²) in [5.74, 6) is -0.234. The van der Waals surface area contributed by atoms with Crippen molar-refractivity contribution in [1.29, 1.82) is 0 Å². The third-order valence-electron chi connectivity index (χ3n) is 4.94. The van der Waals surface area contributed by atoms with Crippen LogP contribution in [0.3, 0.4) is 0 Å². The SMILES string of the molecule is CN1CCC(CNC(=O)c2cc(=O)cc[nH]2)(c2ccccc2)CC1. The first kappa shape index (κ1) is 16.5. The van der Waals surface area contributed by atoms with Crippen LogP contribution in [0.2, 0.25) is 0 Å². The van der Waals surface area contributed by atoms with Crippen LogP contribution in [0.25, 0.3) is 0 Å². The quantitative estimate of drug-likeness (QED) is 0.900. The summed E-state index contributed by atoms with van der Waals surface area (Å²) in [6.07, 6.45) is 3.50. The van der Waals surface area contributed by atoms with Crippen LogP contribution in [0.15, 0.2) is 53.5 Å². The molecule has 1 aromatic carbocycles. The molecule has 2 aromatic rings. The van der Waals surface area contributed by atoms with Crippen LogP contribution in [-0.4, -0.2) is 42.5 Å². The maximum atomic E-state index is 12.4. The minimum absolute atomic E-state index is 0.0570. The second-order valence-electron chi connectivity index (χ2n) is 6.57. The summed E-state index contributed by atoms with van der Waals surface area (Å²) >= 11 is 0. The number of aromatic amines is 1. The molecular weight excluding hydrogens is 302 g/mol. The maximum Gasteiger partial charge on any atom is 0.267 e. The van der Waals surface area contributed by atoms with Gasteiger partial charge >= 0.3 is 0 Å². The summed E-state index contributed by atoms with van der Waals surface area (Å²) in [6.45, 7) is 2.58. The number of H-pyrrole nitrogens is 1. The van der Waals surface area contributed by atoms with Crippen molar-refractivity contribution < 1.29 is 4.79 Å². The van der Waals surface area contributed by atoms with Gasteiger partial charge in [0.1, 0.15) is 5.69 Å². The average molecular weight is 325 g/mol. The molecule has 0 bridgehead atoms. The zero-order chi connectivity index (χ0) is 17.0. The Morgan fingerprint density at radius 3 is 2.58 bits per heavy atom. The number of piperidine rings is 1. The first-order valence-electron chi connectivity index (χ1n) is 8.30. The highest BCUT2D eigenvalue weighted by atomic mass is 16.2. The molecule has 2 N–H and O–H groups in total. The number of nitrogens with zero attached hydrogens (tertiary/aromatic N) is 1. The highest BCUT2D eigenvalue weighted by molar-refractivity contribution is 5.92. The number of likely N-dealkylation sites (tertiary alicyclic amines) is 1. The lowest BCUT2D eigenvalue weighted by Gasteiger charge is -2.41. The summed E-state index contributed by atoms with van der Waals surface area (Å²) in [5.41, 5.74) is 1.34. The summed E-state index contributed by atoms with van der Waals surface area (Å²) in [7, 11) is 2.13. The van der Waals surface area contributed by atoms with Crippen molar-refractivity contribution in [3.8, 4) is 0 Å². The normalized spacial score (nSPS) is 17.4. The van der Waals surface area contributed by atoms with Crippen LogP contribution in [0.1, 0.15) is 28.9 Å². The summed E-state index contributed by atoms with van der Waals surface area (Å²) in [6, 6.07) is 13.1. The Bertz CT molecular complexity index is 746. The lowest BCUT2D eigenvalue weighted by Crippen LogP contribution is -2.48. The molecule has 0 unspecified atom stereocenters. The van der Waals surface area contributed by atoms with E-state index in [1.807, 2.05) is 18.2 Å². The number of pyridine rings is 1. The van der Waals surface area contributed by atoms with E-state index in [1.54, 1.807) is 0 Å². The van der Waals surface area contributed by atoms with Crippen molar-refractivity contribution in [2.24, 2.45) is 0 Å². The van der Waals surface area contributed by atoms with Crippen molar-refractivity contribution in [2.45, 2.75) is 18.3 Å². The van der Waals surface area contributed by atoms with Crippen LogP contribution in [0.4, 0.5) is 0 Å². The van der Waals surface area contributed by atoms with Gasteiger partial charge in [0.05, 0.1) is 0 Å². The molecule has 1 aromatic heterocycles. The molecule has 1 aliphatic heterocycles. The molecule has 126 valence electrons. The average Bonchev–Trinajstić information content (AvgIpc) is 2.62. The number of benzene rings is 1. The number of hydrogen-bond donors (Lipinski definition) is 2. The summed E-state index contributed by atoms with van der Waals surface area (Å²) < 4.78 is 0. The van der Waals surface area contributed by atoms with E-state index in [1.165, 1.54) is 23.9 Å². The lowest BCUT2D eigenvalue weighted by atomic mass is 9.72. The number of nitrogens with one attached hydrogen (secondary N) is 2. The van der Waals surface area contributed by atoms with Crippen LogP contribution in [-0.2, 0) is 5.41 Å². The topological polar surface area (TPSA) is 65.2 Å². The molecular formula is C19H23N3O2. The predicted molar refractivity (Wildman–Crippen MR) is 94.2 cm³/mol. The molecule has 24 heavy (non-hydrogen) atoms. The summed E-state index contributed by atoms with van der Waals surface area (Å²) in [5, 5.41) is 3.02. The second kappa shape index (κ2) is 7.01. The van der Waals surface area contributed by atoms with Gasteiger partial charge in [0.2, 0.25) is 0 Å². The van der Waals surface area contributed by atoms with E-state index < -0.39 is 0 Å². The molecule has 3 rings (SSSR count). The summed E-state index contributed by atoms with van der Waals surface area (Å²) in [4.78, 5) is 29.0. The number of hydrogen-bond acceptors (Lipinski definition) is 3. The molecule has 0 radical (unpaired) electrons. The van der Waals surface area contributed by atoms with E-state index in [-0.39, 0.29) is 16.8 Å². The Morgan fingerprint density at radius 1 is 1.21 bits per heavy atom. The van der Waals surface area contributed by atoms with Crippen LogP contribution in [0.5, 0.6) is 0 Å². The zero-order valence-electron chi connectivity index (χ0n) is 13.9. The van der Waals surface area contributed by atoms with Crippen molar-refractivity contribution in [2.75, 3.05) is 26.7 Å². The van der Waals surface area contributed by atoms with Gasteiger partial charge < -0.3 is 15.2 Å². The van der Waals surface area contributed by atoms with Gasteiger partial charge in [0.25, 0.3) is 5.91 Å².